The van der Waals surface area contributed by atoms with Gasteiger partial charge < -0.3 is 0 Å². The summed E-state index contributed by atoms with van der Waals surface area (Å²) in [7, 11) is 0. The number of ketones is 1. The summed E-state index contributed by atoms with van der Waals surface area (Å²) in [6, 6.07) is 2.44. The molecule has 0 aliphatic heterocycles. The van der Waals surface area contributed by atoms with Crippen molar-refractivity contribution in [1.82, 2.24) is 0 Å². The maximum absolute atomic E-state index is 11.4. The average molecular weight is 313 g/mol. The summed E-state index contributed by atoms with van der Waals surface area (Å²) in [4.78, 5) is 21.3. The Hall–Kier alpha value is -0.650. The van der Waals surface area contributed by atoms with E-state index in [1.165, 1.54) is 6.07 Å². The van der Waals surface area contributed by atoms with E-state index < -0.39 is 10.7 Å². The van der Waals surface area contributed by atoms with E-state index in [4.69, 9.17) is 23.2 Å². The minimum Gasteiger partial charge on any atom is -0.293 e. The second-order valence-corrected chi connectivity index (χ2v) is 3.92. The fourth-order valence-corrected chi connectivity index (χ4v) is 1.94. The van der Waals surface area contributed by atoms with Crippen molar-refractivity contribution in [2.45, 2.75) is 0 Å². The molecule has 0 fully saturated rings. The fourth-order valence-electron chi connectivity index (χ4n) is 1.00. The van der Waals surface area contributed by atoms with Gasteiger partial charge in [-0.2, -0.15) is 0 Å². The highest BCUT2D eigenvalue weighted by Crippen LogP contribution is 2.33. The molecule has 0 spiro atoms. The van der Waals surface area contributed by atoms with Crippen molar-refractivity contribution in [1.29, 1.82) is 0 Å². The van der Waals surface area contributed by atoms with Crippen LogP contribution in [0.1, 0.15) is 10.4 Å². The van der Waals surface area contributed by atoms with E-state index in [1.54, 1.807) is 0 Å². The monoisotopic (exact) mass is 311 g/mol. The molecular formula is C8H4BrCl2NO3. The molecule has 0 aromatic heterocycles. The van der Waals surface area contributed by atoms with Crippen LogP contribution in [0.3, 0.4) is 0 Å². The lowest BCUT2D eigenvalue weighted by Gasteiger charge is -2.04. The molecule has 0 N–H and O–H groups in total. The van der Waals surface area contributed by atoms with Gasteiger partial charge in [0.25, 0.3) is 5.69 Å². The molecule has 0 saturated carbocycles. The molecule has 15 heavy (non-hydrogen) atoms. The Morgan fingerprint density at radius 1 is 1.47 bits per heavy atom. The van der Waals surface area contributed by atoms with Crippen LogP contribution in [0.25, 0.3) is 0 Å². The highest BCUT2D eigenvalue weighted by molar-refractivity contribution is 9.09. The Labute approximate surface area is 103 Å². The number of nitro groups is 1. The highest BCUT2D eigenvalue weighted by atomic mass is 79.9. The third-order valence-corrected chi connectivity index (χ3v) is 2.87. The predicted octanol–water partition coefficient (Wildman–Crippen LogP) is 3.48. The molecule has 0 saturated heterocycles. The van der Waals surface area contributed by atoms with E-state index in [2.05, 4.69) is 15.9 Å². The van der Waals surface area contributed by atoms with Crippen molar-refractivity contribution in [3.63, 3.8) is 0 Å². The van der Waals surface area contributed by atoms with E-state index in [-0.39, 0.29) is 26.6 Å². The molecule has 0 aliphatic rings. The number of nitro benzene ring substituents is 1. The van der Waals surface area contributed by atoms with Crippen molar-refractivity contribution in [3.8, 4) is 0 Å². The van der Waals surface area contributed by atoms with Gasteiger partial charge in [0, 0.05) is 6.07 Å². The van der Waals surface area contributed by atoms with Crippen LogP contribution in [0.4, 0.5) is 5.69 Å². The molecule has 4 nitrogen and oxygen atoms in total. The maximum Gasteiger partial charge on any atom is 0.288 e. The number of hydrogen-bond donors (Lipinski definition) is 0. The zero-order valence-corrected chi connectivity index (χ0v) is 10.3. The number of carbonyl (C=O) groups excluding carboxylic acids is 1. The number of hydrogen-bond acceptors (Lipinski definition) is 3. The molecule has 1 aromatic rings. The standard InChI is InChI=1S/C8H4BrCl2NO3/c9-3-6(13)7-4(10)1-2-5(8(7)11)12(14)15/h1-2H,3H2. The highest BCUT2D eigenvalue weighted by Gasteiger charge is 2.22. The minimum atomic E-state index is -0.663. The van der Waals surface area contributed by atoms with Gasteiger partial charge in [-0.15, -0.1) is 0 Å². The molecule has 1 rings (SSSR count). The first-order valence-electron chi connectivity index (χ1n) is 3.70. The average Bonchev–Trinajstić information content (AvgIpc) is 2.16. The van der Waals surface area contributed by atoms with Gasteiger partial charge in [0.15, 0.2) is 5.78 Å². The van der Waals surface area contributed by atoms with Gasteiger partial charge in [0.05, 0.1) is 20.8 Å². The molecule has 0 heterocycles. The summed E-state index contributed by atoms with van der Waals surface area (Å²) < 4.78 is 0. The second-order valence-electron chi connectivity index (χ2n) is 2.57. The number of carbonyl (C=O) groups is 1. The van der Waals surface area contributed by atoms with Crippen LogP contribution in [0.5, 0.6) is 0 Å². The normalized spacial score (nSPS) is 10.1. The van der Waals surface area contributed by atoms with Crippen molar-refractivity contribution in [3.05, 3.63) is 37.9 Å². The largest absolute Gasteiger partial charge is 0.293 e. The molecule has 80 valence electrons. The molecule has 7 heteroatoms. The first-order chi connectivity index (χ1) is 6.99. The summed E-state index contributed by atoms with van der Waals surface area (Å²) in [5, 5.41) is 10.4. The molecule has 0 amide bonds. The Morgan fingerprint density at radius 2 is 2.07 bits per heavy atom. The Kier molecular flexibility index (Phi) is 4.07. The summed E-state index contributed by atoms with van der Waals surface area (Å²) >= 11 is 14.4. The molecule has 0 radical (unpaired) electrons. The van der Waals surface area contributed by atoms with Crippen LogP contribution < -0.4 is 0 Å². The topological polar surface area (TPSA) is 60.2 Å². The van der Waals surface area contributed by atoms with Gasteiger partial charge in [-0.05, 0) is 6.07 Å². The molecule has 0 bridgehead atoms. The van der Waals surface area contributed by atoms with Crippen molar-refractivity contribution < 1.29 is 9.72 Å². The molecule has 0 atom stereocenters. The fraction of sp³-hybridized carbons (Fsp3) is 0.125. The van der Waals surface area contributed by atoms with E-state index in [1.807, 2.05) is 0 Å². The van der Waals surface area contributed by atoms with Crippen LogP contribution in [-0.2, 0) is 0 Å². The van der Waals surface area contributed by atoms with Crippen LogP contribution in [0.15, 0.2) is 12.1 Å². The van der Waals surface area contributed by atoms with E-state index in [9.17, 15) is 14.9 Å². The Balaban J connectivity index is 3.43. The third kappa shape index (κ3) is 2.48. The summed E-state index contributed by atoms with van der Waals surface area (Å²) in [6.07, 6.45) is 0. The summed E-state index contributed by atoms with van der Waals surface area (Å²) in [5.74, 6) is -0.395. The lowest BCUT2D eigenvalue weighted by Crippen LogP contribution is -2.04. The SMILES string of the molecule is O=C(CBr)c1c(Cl)ccc([N+](=O)[O-])c1Cl. The van der Waals surface area contributed by atoms with Gasteiger partial charge in [-0.25, -0.2) is 0 Å². The number of nitrogens with zero attached hydrogens (tertiary/aromatic N) is 1. The number of halogens is 3. The Morgan fingerprint density at radius 3 is 2.53 bits per heavy atom. The first kappa shape index (κ1) is 12.4. The van der Waals surface area contributed by atoms with Crippen LogP contribution in [0.2, 0.25) is 10.0 Å². The zero-order chi connectivity index (χ0) is 11.6. The number of benzene rings is 1. The lowest BCUT2D eigenvalue weighted by atomic mass is 10.1. The van der Waals surface area contributed by atoms with Gasteiger partial charge in [-0.1, -0.05) is 39.1 Å². The smallest absolute Gasteiger partial charge is 0.288 e. The summed E-state index contributed by atoms with van der Waals surface area (Å²) in [5.41, 5.74) is -0.352. The minimum absolute atomic E-state index is 0.00755. The van der Waals surface area contributed by atoms with E-state index in [0.29, 0.717) is 0 Å². The molecule has 0 unspecified atom stereocenters. The van der Waals surface area contributed by atoms with Crippen molar-refractivity contribution >= 4 is 50.6 Å². The predicted molar refractivity (Wildman–Crippen MR) is 61.2 cm³/mol. The zero-order valence-electron chi connectivity index (χ0n) is 7.17. The van der Waals surface area contributed by atoms with Gasteiger partial charge in [0.2, 0.25) is 0 Å². The van der Waals surface area contributed by atoms with E-state index >= 15 is 0 Å². The van der Waals surface area contributed by atoms with Crippen molar-refractivity contribution in [2.24, 2.45) is 0 Å². The summed E-state index contributed by atoms with van der Waals surface area (Å²) in [6.45, 7) is 0. The second kappa shape index (κ2) is 4.92. The van der Waals surface area contributed by atoms with Gasteiger partial charge >= 0.3 is 0 Å². The maximum atomic E-state index is 11.4. The van der Waals surface area contributed by atoms with Crippen LogP contribution >= 0.6 is 39.1 Å². The lowest BCUT2D eigenvalue weighted by molar-refractivity contribution is -0.384. The molecular weight excluding hydrogens is 309 g/mol. The third-order valence-electron chi connectivity index (χ3n) is 1.67. The molecule has 0 aliphatic carbocycles. The van der Waals surface area contributed by atoms with Crippen LogP contribution in [-0.4, -0.2) is 16.0 Å². The number of alkyl halides is 1. The van der Waals surface area contributed by atoms with Gasteiger partial charge in [0.1, 0.15) is 5.02 Å². The number of Topliss-reactive ketones (excluding diaryl/α,β-unsaturated/α-hetero) is 1. The Bertz CT molecular complexity index is 436. The van der Waals surface area contributed by atoms with Crippen LogP contribution in [0, 0.1) is 10.1 Å². The van der Waals surface area contributed by atoms with Gasteiger partial charge in [-0.3, -0.25) is 14.9 Å². The quantitative estimate of drug-likeness (QED) is 0.371. The number of rotatable bonds is 3. The van der Waals surface area contributed by atoms with E-state index in [0.717, 1.165) is 6.07 Å². The van der Waals surface area contributed by atoms with Crippen molar-refractivity contribution in [2.75, 3.05) is 5.33 Å². The molecule has 1 aromatic carbocycles. The first-order valence-corrected chi connectivity index (χ1v) is 5.58.